The first-order valence-electron chi connectivity index (χ1n) is 8.68. The molecular formula is C20H23FN2O4S. The monoisotopic (exact) mass is 406 g/mol. The van der Waals surface area contributed by atoms with E-state index in [9.17, 15) is 14.0 Å². The molecule has 2 rings (SSSR count). The topological polar surface area (TPSA) is 81.9 Å². The van der Waals surface area contributed by atoms with Crippen molar-refractivity contribution in [2.75, 3.05) is 36.7 Å². The summed E-state index contributed by atoms with van der Waals surface area (Å²) in [5.74, 6) is 1.23. The van der Waals surface area contributed by atoms with Gasteiger partial charge in [-0.15, -0.1) is 11.8 Å². The summed E-state index contributed by atoms with van der Waals surface area (Å²) < 4.78 is 23.8. The molecule has 0 heterocycles. The molecule has 0 radical (unpaired) electrons. The van der Waals surface area contributed by atoms with Crippen molar-refractivity contribution in [3.8, 4) is 11.5 Å². The van der Waals surface area contributed by atoms with Crippen molar-refractivity contribution >= 4 is 29.3 Å². The highest BCUT2D eigenvalue weighted by atomic mass is 32.2. The number of thioether (sulfide) groups is 1. The molecule has 0 aliphatic carbocycles. The second kappa shape index (κ2) is 11.2. The first-order valence-corrected chi connectivity index (χ1v) is 9.84. The standard InChI is InChI=1S/C20H23FN2O4S/c1-26-17-6-8-18(9-7-17)27-12-13-28-14-20(25)23(11-10-19(22)24)16-4-2-15(21)3-5-16/h2-9H,10-14H2,1H3,(H2,22,24). The van der Waals surface area contributed by atoms with Gasteiger partial charge >= 0.3 is 0 Å². The van der Waals surface area contributed by atoms with Crippen molar-refractivity contribution in [1.29, 1.82) is 0 Å². The van der Waals surface area contributed by atoms with Crippen LogP contribution in [0.4, 0.5) is 10.1 Å². The Morgan fingerprint density at radius 1 is 1.07 bits per heavy atom. The number of nitrogens with two attached hydrogens (primary N) is 1. The zero-order chi connectivity index (χ0) is 20.4. The minimum Gasteiger partial charge on any atom is -0.497 e. The van der Waals surface area contributed by atoms with Crippen LogP contribution in [-0.4, -0.2) is 43.6 Å². The van der Waals surface area contributed by atoms with Gasteiger partial charge in [-0.3, -0.25) is 9.59 Å². The third kappa shape index (κ3) is 7.11. The maximum absolute atomic E-state index is 13.1. The summed E-state index contributed by atoms with van der Waals surface area (Å²) in [6, 6.07) is 12.8. The average molecular weight is 406 g/mol. The van der Waals surface area contributed by atoms with Gasteiger partial charge in [-0.1, -0.05) is 0 Å². The van der Waals surface area contributed by atoms with Gasteiger partial charge in [0, 0.05) is 24.4 Å². The molecule has 0 aliphatic rings. The van der Waals surface area contributed by atoms with E-state index in [2.05, 4.69) is 0 Å². The van der Waals surface area contributed by atoms with E-state index < -0.39 is 11.7 Å². The molecule has 6 nitrogen and oxygen atoms in total. The van der Waals surface area contributed by atoms with E-state index in [1.807, 2.05) is 24.3 Å². The fourth-order valence-corrected chi connectivity index (χ4v) is 3.04. The van der Waals surface area contributed by atoms with Gasteiger partial charge in [-0.2, -0.15) is 0 Å². The summed E-state index contributed by atoms with van der Waals surface area (Å²) in [5, 5.41) is 0. The lowest BCUT2D eigenvalue weighted by molar-refractivity contribution is -0.118. The van der Waals surface area contributed by atoms with Crippen molar-refractivity contribution in [3.63, 3.8) is 0 Å². The number of benzene rings is 2. The molecule has 0 aliphatic heterocycles. The Labute approximate surface area is 167 Å². The molecule has 0 fully saturated rings. The second-order valence-electron chi connectivity index (χ2n) is 5.81. The molecule has 0 saturated heterocycles. The van der Waals surface area contributed by atoms with Crippen LogP contribution in [-0.2, 0) is 9.59 Å². The number of carbonyl (C=O) groups is 2. The van der Waals surface area contributed by atoms with Gasteiger partial charge in [0.15, 0.2) is 0 Å². The second-order valence-corrected chi connectivity index (χ2v) is 6.92. The molecule has 0 bridgehead atoms. The third-order valence-corrected chi connectivity index (χ3v) is 4.71. The Hall–Kier alpha value is -2.74. The number of primary amides is 1. The zero-order valence-electron chi connectivity index (χ0n) is 15.6. The van der Waals surface area contributed by atoms with E-state index in [0.29, 0.717) is 18.0 Å². The summed E-state index contributed by atoms with van der Waals surface area (Å²) in [7, 11) is 1.60. The van der Waals surface area contributed by atoms with Crippen molar-refractivity contribution in [3.05, 3.63) is 54.3 Å². The average Bonchev–Trinajstić information content (AvgIpc) is 2.69. The number of hydrogen-bond acceptors (Lipinski definition) is 5. The van der Waals surface area contributed by atoms with E-state index in [0.717, 1.165) is 11.5 Å². The number of halogens is 1. The molecule has 2 aromatic rings. The van der Waals surface area contributed by atoms with Crippen molar-refractivity contribution < 1.29 is 23.5 Å². The molecule has 0 spiro atoms. The number of hydrogen-bond donors (Lipinski definition) is 1. The maximum Gasteiger partial charge on any atom is 0.236 e. The van der Waals surface area contributed by atoms with E-state index in [1.165, 1.54) is 40.9 Å². The van der Waals surface area contributed by atoms with Crippen LogP contribution in [0.1, 0.15) is 6.42 Å². The molecule has 0 unspecified atom stereocenters. The first-order chi connectivity index (χ1) is 13.5. The van der Waals surface area contributed by atoms with Crippen LogP contribution in [0.15, 0.2) is 48.5 Å². The number of nitrogens with zero attached hydrogens (tertiary/aromatic N) is 1. The smallest absolute Gasteiger partial charge is 0.236 e. The van der Waals surface area contributed by atoms with Crippen LogP contribution < -0.4 is 20.1 Å². The van der Waals surface area contributed by atoms with Crippen molar-refractivity contribution in [2.45, 2.75) is 6.42 Å². The molecule has 2 aromatic carbocycles. The normalized spacial score (nSPS) is 10.4. The lowest BCUT2D eigenvalue weighted by Gasteiger charge is -2.22. The summed E-state index contributed by atoms with van der Waals surface area (Å²) >= 11 is 1.42. The minimum absolute atomic E-state index is 0.0361. The number of ether oxygens (including phenoxy) is 2. The Kier molecular flexibility index (Phi) is 8.61. The molecule has 28 heavy (non-hydrogen) atoms. The number of amides is 2. The van der Waals surface area contributed by atoms with Crippen LogP contribution >= 0.6 is 11.8 Å². The van der Waals surface area contributed by atoms with E-state index in [4.69, 9.17) is 15.2 Å². The quantitative estimate of drug-likeness (QED) is 0.581. The lowest BCUT2D eigenvalue weighted by atomic mass is 10.2. The van der Waals surface area contributed by atoms with E-state index in [-0.39, 0.29) is 24.6 Å². The van der Waals surface area contributed by atoms with Gasteiger partial charge in [0.25, 0.3) is 0 Å². The fourth-order valence-electron chi connectivity index (χ4n) is 2.37. The number of anilines is 1. The van der Waals surface area contributed by atoms with Crippen LogP contribution in [0.5, 0.6) is 11.5 Å². The van der Waals surface area contributed by atoms with Gasteiger partial charge in [0.2, 0.25) is 11.8 Å². The largest absolute Gasteiger partial charge is 0.497 e. The molecule has 0 saturated carbocycles. The van der Waals surface area contributed by atoms with Crippen LogP contribution in [0, 0.1) is 5.82 Å². The zero-order valence-corrected chi connectivity index (χ0v) is 16.4. The Balaban J connectivity index is 1.81. The van der Waals surface area contributed by atoms with Crippen LogP contribution in [0.3, 0.4) is 0 Å². The first kappa shape index (κ1) is 21.6. The molecule has 0 atom stereocenters. The number of methoxy groups -OCH3 is 1. The predicted molar refractivity (Wildman–Crippen MR) is 108 cm³/mol. The van der Waals surface area contributed by atoms with Gasteiger partial charge in [0.05, 0.1) is 19.5 Å². The van der Waals surface area contributed by atoms with Crippen LogP contribution in [0.25, 0.3) is 0 Å². The third-order valence-electron chi connectivity index (χ3n) is 3.80. The molecular weight excluding hydrogens is 383 g/mol. The number of rotatable bonds is 11. The maximum atomic E-state index is 13.1. The van der Waals surface area contributed by atoms with Crippen LogP contribution in [0.2, 0.25) is 0 Å². The lowest BCUT2D eigenvalue weighted by Crippen LogP contribution is -2.35. The highest BCUT2D eigenvalue weighted by molar-refractivity contribution is 7.99. The highest BCUT2D eigenvalue weighted by Gasteiger charge is 2.16. The molecule has 2 N–H and O–H groups in total. The predicted octanol–water partition coefficient (Wildman–Crippen LogP) is 2.85. The van der Waals surface area contributed by atoms with Gasteiger partial charge in [-0.05, 0) is 48.5 Å². The Bertz CT molecular complexity index is 769. The number of carbonyl (C=O) groups excluding carboxylic acids is 2. The summed E-state index contributed by atoms with van der Waals surface area (Å²) in [6.07, 6.45) is 0.0361. The molecule has 2 amide bonds. The van der Waals surface area contributed by atoms with Gasteiger partial charge < -0.3 is 20.1 Å². The minimum atomic E-state index is -0.500. The summed E-state index contributed by atoms with van der Waals surface area (Å²) in [4.78, 5) is 25.1. The molecule has 0 aromatic heterocycles. The van der Waals surface area contributed by atoms with E-state index >= 15 is 0 Å². The Morgan fingerprint density at radius 3 is 2.32 bits per heavy atom. The molecule has 8 heteroatoms. The van der Waals surface area contributed by atoms with Crippen molar-refractivity contribution in [2.24, 2.45) is 5.73 Å². The van der Waals surface area contributed by atoms with E-state index in [1.54, 1.807) is 7.11 Å². The highest BCUT2D eigenvalue weighted by Crippen LogP contribution is 2.19. The summed E-state index contributed by atoms with van der Waals surface area (Å²) in [6.45, 7) is 0.602. The Morgan fingerprint density at radius 2 is 1.71 bits per heavy atom. The van der Waals surface area contributed by atoms with Crippen molar-refractivity contribution in [1.82, 2.24) is 0 Å². The molecule has 150 valence electrons. The fraction of sp³-hybridized carbons (Fsp3) is 0.300. The SMILES string of the molecule is COc1ccc(OCCSCC(=O)N(CCC(N)=O)c2ccc(F)cc2)cc1. The summed E-state index contributed by atoms with van der Waals surface area (Å²) in [5.41, 5.74) is 5.72. The van der Waals surface area contributed by atoms with Gasteiger partial charge in [0.1, 0.15) is 17.3 Å². The van der Waals surface area contributed by atoms with Gasteiger partial charge in [-0.25, -0.2) is 4.39 Å².